The van der Waals surface area contributed by atoms with Gasteiger partial charge in [-0.05, 0) is 71.8 Å². The lowest BCUT2D eigenvalue weighted by Gasteiger charge is -2.10. The summed E-state index contributed by atoms with van der Waals surface area (Å²) in [5.41, 5.74) is 13.2. The highest BCUT2D eigenvalue weighted by atomic mass is 19.4. The van der Waals surface area contributed by atoms with E-state index in [-0.39, 0.29) is 33.7 Å². The molecule has 8 rings (SSSR count). The average molecular weight is 813 g/mol. The molecule has 59 heavy (non-hydrogen) atoms. The summed E-state index contributed by atoms with van der Waals surface area (Å²) >= 11 is 0. The van der Waals surface area contributed by atoms with Crippen LogP contribution in [0.5, 0.6) is 0 Å². The first-order valence-electron chi connectivity index (χ1n) is 16.9. The number of nitrogens with zero attached hydrogens (tertiary/aromatic N) is 8. The number of pyridine rings is 4. The van der Waals surface area contributed by atoms with Crippen LogP contribution in [0.25, 0.3) is 55.7 Å². The number of carbonyl (C=O) groups is 2. The Morgan fingerprint density at radius 2 is 1.05 bits per heavy atom. The lowest BCUT2D eigenvalue weighted by Crippen LogP contribution is -2.10. The Labute approximate surface area is 327 Å². The van der Waals surface area contributed by atoms with Crippen molar-refractivity contribution in [1.29, 1.82) is 0 Å². The zero-order valence-corrected chi connectivity index (χ0v) is 30.1. The van der Waals surface area contributed by atoms with Crippen molar-refractivity contribution in [3.8, 4) is 33.9 Å². The van der Waals surface area contributed by atoms with E-state index in [2.05, 4.69) is 30.1 Å². The molecule has 0 unspecified atom stereocenters. The summed E-state index contributed by atoms with van der Waals surface area (Å²) in [6, 6.07) is 16.5. The third kappa shape index (κ3) is 8.04. The number of carboxylic acid groups (broad SMARTS) is 1. The predicted octanol–water partition coefficient (Wildman–Crippen LogP) is 7.65. The quantitative estimate of drug-likeness (QED) is 0.109. The number of fused-ring (bicyclic) bond motifs is 2. The van der Waals surface area contributed by atoms with Gasteiger partial charge in [-0.3, -0.25) is 9.97 Å². The van der Waals surface area contributed by atoms with E-state index >= 15 is 0 Å². The number of alkyl halides is 6. The van der Waals surface area contributed by atoms with Crippen molar-refractivity contribution in [2.75, 3.05) is 18.6 Å². The van der Waals surface area contributed by atoms with Gasteiger partial charge in [-0.15, -0.1) is 0 Å². The topological polar surface area (TPSA) is 203 Å². The minimum absolute atomic E-state index is 0.0431. The molecule has 0 bridgehead atoms. The molecule has 0 aliphatic heterocycles. The largest absolute Gasteiger partial charge is 0.478 e. The Kier molecular flexibility index (Phi) is 10.1. The van der Waals surface area contributed by atoms with Gasteiger partial charge in [-0.2, -0.15) is 36.5 Å². The number of aromatic nitrogens is 8. The smallest absolute Gasteiger partial charge is 0.433 e. The van der Waals surface area contributed by atoms with E-state index in [9.17, 15) is 41.0 Å². The fourth-order valence-electron chi connectivity index (χ4n) is 6.04. The second-order valence-corrected chi connectivity index (χ2v) is 12.6. The lowest BCUT2D eigenvalue weighted by molar-refractivity contribution is -0.141. The van der Waals surface area contributed by atoms with Crippen LogP contribution in [0.4, 0.5) is 37.7 Å². The molecule has 6 heterocycles. The first kappa shape index (κ1) is 39.3. The number of aromatic carboxylic acids is 1. The Bertz CT molecular complexity index is 2910. The normalized spacial score (nSPS) is 11.6. The van der Waals surface area contributed by atoms with Gasteiger partial charge < -0.3 is 21.3 Å². The van der Waals surface area contributed by atoms with E-state index in [0.717, 1.165) is 12.1 Å². The number of esters is 1. The van der Waals surface area contributed by atoms with Gasteiger partial charge in [0.25, 0.3) is 0 Å². The molecule has 0 atom stereocenters. The number of anilines is 2. The van der Waals surface area contributed by atoms with Crippen molar-refractivity contribution >= 4 is 45.1 Å². The summed E-state index contributed by atoms with van der Waals surface area (Å²) in [4.78, 5) is 39.4. The summed E-state index contributed by atoms with van der Waals surface area (Å²) in [6.45, 7) is 0. The van der Waals surface area contributed by atoms with Crippen molar-refractivity contribution in [2.24, 2.45) is 0 Å². The van der Waals surface area contributed by atoms with Crippen LogP contribution in [-0.4, -0.2) is 63.7 Å². The Morgan fingerprint density at radius 1 is 0.610 bits per heavy atom. The molecule has 0 fully saturated rings. The number of rotatable bonds is 6. The van der Waals surface area contributed by atoms with Gasteiger partial charge in [0.2, 0.25) is 0 Å². The van der Waals surface area contributed by atoms with Gasteiger partial charge >= 0.3 is 24.3 Å². The van der Waals surface area contributed by atoms with Crippen molar-refractivity contribution in [2.45, 2.75) is 12.4 Å². The highest BCUT2D eigenvalue weighted by molar-refractivity contribution is 6.06. The van der Waals surface area contributed by atoms with Gasteiger partial charge in [0.05, 0.1) is 53.0 Å². The maximum atomic E-state index is 13.1. The first-order valence-corrected chi connectivity index (χ1v) is 16.9. The summed E-state index contributed by atoms with van der Waals surface area (Å²) in [5, 5.41) is 18.5. The standard InChI is InChI=1S/C20H14F3N5O2.C19H12F3N5O2/c1-30-19(29)14-6-11(12-5-13(24)9-25-8-12)7-16-15(14)10-26-28(16)18-4-2-3-17(27-18)20(21,22)23;20-19(21,22)16-2-1-3-17(26-16)27-15-6-10(11-4-12(23)8-24-7-11)5-13(18(28)29)14(15)9-25-27/h2-10H,24H2,1H3;1-9H,23H2,(H,28,29). The van der Waals surface area contributed by atoms with Crippen LogP contribution in [0.1, 0.15) is 32.1 Å². The molecule has 298 valence electrons. The van der Waals surface area contributed by atoms with Crippen molar-refractivity contribution in [3.05, 3.63) is 132 Å². The van der Waals surface area contributed by atoms with E-state index < -0.39 is 35.7 Å². The molecule has 2 aromatic carbocycles. The minimum atomic E-state index is -4.62. The van der Waals surface area contributed by atoms with Gasteiger partial charge in [-0.1, -0.05) is 12.1 Å². The number of carbonyl (C=O) groups excluding carboxylic acids is 1. The maximum absolute atomic E-state index is 13.1. The molecule has 14 nitrogen and oxygen atoms in total. The van der Waals surface area contributed by atoms with E-state index in [1.807, 2.05) is 0 Å². The van der Waals surface area contributed by atoms with Crippen LogP contribution in [0.15, 0.2) is 110 Å². The predicted molar refractivity (Wildman–Crippen MR) is 201 cm³/mol. The van der Waals surface area contributed by atoms with Crippen molar-refractivity contribution in [3.63, 3.8) is 0 Å². The molecule has 0 saturated carbocycles. The number of ether oxygens (including phenoxy) is 1. The van der Waals surface area contributed by atoms with Crippen LogP contribution < -0.4 is 11.5 Å². The SMILES string of the molecule is COC(=O)c1cc(-c2cncc(N)c2)cc2c1cnn2-c1cccc(C(F)(F)F)n1.Nc1cncc(-c2cc(C(=O)O)c3cnn(-c4cccc(C(F)(F)F)n4)c3c2)c1. The van der Waals surface area contributed by atoms with Crippen LogP contribution in [0.2, 0.25) is 0 Å². The van der Waals surface area contributed by atoms with E-state index in [4.69, 9.17) is 16.2 Å². The second-order valence-electron chi connectivity index (χ2n) is 12.6. The molecule has 0 aliphatic carbocycles. The lowest BCUT2D eigenvalue weighted by atomic mass is 10.0. The first-order chi connectivity index (χ1) is 28.0. The molecule has 6 aromatic heterocycles. The number of hydrogen-bond donors (Lipinski definition) is 3. The zero-order chi connectivity index (χ0) is 42.2. The molecule has 0 spiro atoms. The molecule has 0 amide bonds. The number of halogens is 6. The van der Waals surface area contributed by atoms with Gasteiger partial charge in [0.15, 0.2) is 11.6 Å². The molecule has 0 saturated heterocycles. The summed E-state index contributed by atoms with van der Waals surface area (Å²) in [7, 11) is 1.24. The summed E-state index contributed by atoms with van der Waals surface area (Å²) in [6.07, 6.45) is -0.587. The highest BCUT2D eigenvalue weighted by Gasteiger charge is 2.34. The molecular formula is C39H26F6N10O4. The zero-order valence-electron chi connectivity index (χ0n) is 30.1. The number of carboxylic acids is 1. The van der Waals surface area contributed by atoms with Gasteiger partial charge in [0, 0.05) is 46.7 Å². The molecule has 8 aromatic rings. The third-order valence-electron chi connectivity index (χ3n) is 8.68. The number of nitrogen functional groups attached to an aromatic ring is 2. The Morgan fingerprint density at radius 3 is 1.46 bits per heavy atom. The third-order valence-corrected chi connectivity index (χ3v) is 8.68. The van der Waals surface area contributed by atoms with Crippen LogP contribution in [0, 0.1) is 0 Å². The fourth-order valence-corrected chi connectivity index (χ4v) is 6.04. The number of hydrogen-bond acceptors (Lipinski definition) is 11. The van der Waals surface area contributed by atoms with Gasteiger partial charge in [-0.25, -0.2) is 28.9 Å². The van der Waals surface area contributed by atoms with E-state index in [1.54, 1.807) is 36.5 Å². The maximum Gasteiger partial charge on any atom is 0.433 e. The number of methoxy groups -OCH3 is 1. The van der Waals surface area contributed by atoms with Gasteiger partial charge in [0.1, 0.15) is 11.4 Å². The monoisotopic (exact) mass is 812 g/mol. The average Bonchev–Trinajstić information content (AvgIpc) is 3.84. The van der Waals surface area contributed by atoms with E-state index in [1.165, 1.54) is 77.8 Å². The highest BCUT2D eigenvalue weighted by Crippen LogP contribution is 2.34. The Hall–Kier alpha value is -7.90. The number of benzene rings is 2. The summed E-state index contributed by atoms with van der Waals surface area (Å²) < 4.78 is 85.6. The van der Waals surface area contributed by atoms with Crippen molar-refractivity contribution < 1.29 is 45.8 Å². The van der Waals surface area contributed by atoms with Crippen molar-refractivity contribution in [1.82, 2.24) is 39.5 Å². The van der Waals surface area contributed by atoms with Crippen LogP contribution in [0.3, 0.4) is 0 Å². The Balaban J connectivity index is 0.000000179. The van der Waals surface area contributed by atoms with Crippen LogP contribution >= 0.6 is 0 Å². The molecule has 0 aliphatic rings. The molecular weight excluding hydrogens is 786 g/mol. The second kappa shape index (κ2) is 15.2. The molecule has 20 heteroatoms. The number of nitrogens with two attached hydrogens (primary N) is 2. The molecule has 0 radical (unpaired) electrons. The minimum Gasteiger partial charge on any atom is -0.478 e. The summed E-state index contributed by atoms with van der Waals surface area (Å²) in [5.74, 6) is -1.95. The fraction of sp³-hybridized carbons (Fsp3) is 0.0769. The van der Waals surface area contributed by atoms with Crippen LogP contribution in [-0.2, 0) is 17.1 Å². The van der Waals surface area contributed by atoms with E-state index in [0.29, 0.717) is 44.5 Å². The molecule has 5 N–H and O–H groups in total.